The van der Waals surface area contributed by atoms with Gasteiger partial charge in [0.2, 0.25) is 11.8 Å². The number of amides is 2. The standard InChI is InChI=1S/C22H34N2O10/c1-12(26)18(29)15(11-33-22-21(32)20(31)19(30)16(10-25)34-22)24(13(2)27)9-17(28)23-8-14-6-4-3-5-7-14/h3-7,12,15-16,18-22,25-26,29-32H,8-11H2,1-2H3,(H,23,28)/t12-,15+,16?,18-,19+,20?,21?,22+/m1/s1. The largest absolute Gasteiger partial charge is 0.394 e. The van der Waals surface area contributed by atoms with Gasteiger partial charge < -0.3 is 50.3 Å². The van der Waals surface area contributed by atoms with Crippen LogP contribution in [0.5, 0.6) is 0 Å². The lowest BCUT2D eigenvalue weighted by Crippen LogP contribution is -2.60. The van der Waals surface area contributed by atoms with Crippen molar-refractivity contribution in [3.63, 3.8) is 0 Å². The number of aliphatic hydroxyl groups excluding tert-OH is 6. The van der Waals surface area contributed by atoms with Crippen LogP contribution in [0.25, 0.3) is 0 Å². The number of carbonyl (C=O) groups is 2. The molecule has 1 fully saturated rings. The zero-order valence-electron chi connectivity index (χ0n) is 19.1. The average molecular weight is 487 g/mol. The minimum atomic E-state index is -1.69. The number of nitrogens with one attached hydrogen (secondary N) is 1. The normalized spacial score (nSPS) is 27.5. The zero-order valence-corrected chi connectivity index (χ0v) is 19.1. The van der Waals surface area contributed by atoms with Crippen molar-refractivity contribution in [2.24, 2.45) is 0 Å². The van der Waals surface area contributed by atoms with E-state index in [-0.39, 0.29) is 6.54 Å². The highest BCUT2D eigenvalue weighted by atomic mass is 16.7. The Bertz CT molecular complexity index is 778. The van der Waals surface area contributed by atoms with Crippen LogP contribution < -0.4 is 5.32 Å². The van der Waals surface area contributed by atoms with Gasteiger partial charge in [0, 0.05) is 13.5 Å². The van der Waals surface area contributed by atoms with E-state index < -0.39 is 80.5 Å². The molecule has 0 bridgehead atoms. The number of aliphatic hydroxyl groups is 6. The van der Waals surface area contributed by atoms with Crippen LogP contribution in [0, 0.1) is 0 Å². The fourth-order valence-electron chi connectivity index (χ4n) is 3.56. The van der Waals surface area contributed by atoms with Gasteiger partial charge in [-0.3, -0.25) is 9.59 Å². The molecule has 1 aliphatic heterocycles. The molecule has 0 saturated carbocycles. The van der Waals surface area contributed by atoms with Crippen molar-refractivity contribution in [2.75, 3.05) is 19.8 Å². The minimum Gasteiger partial charge on any atom is -0.394 e. The molecule has 12 heteroatoms. The predicted octanol–water partition coefficient (Wildman–Crippen LogP) is -2.92. The quantitative estimate of drug-likeness (QED) is 0.171. The molecule has 2 rings (SSSR count). The van der Waals surface area contributed by atoms with E-state index in [2.05, 4.69) is 5.32 Å². The van der Waals surface area contributed by atoms with E-state index >= 15 is 0 Å². The topological polar surface area (TPSA) is 189 Å². The number of hydrogen-bond donors (Lipinski definition) is 7. The maximum absolute atomic E-state index is 12.5. The molecule has 8 atom stereocenters. The van der Waals surface area contributed by atoms with Gasteiger partial charge in [-0.2, -0.15) is 0 Å². The summed E-state index contributed by atoms with van der Waals surface area (Å²) in [5.74, 6) is -1.10. The fourth-order valence-corrected chi connectivity index (χ4v) is 3.56. The van der Waals surface area contributed by atoms with Gasteiger partial charge in [0.15, 0.2) is 6.29 Å². The molecule has 12 nitrogen and oxygen atoms in total. The number of hydrogen-bond acceptors (Lipinski definition) is 10. The second kappa shape index (κ2) is 13.1. The lowest BCUT2D eigenvalue weighted by atomic mass is 9.99. The van der Waals surface area contributed by atoms with Crippen LogP contribution in [0.2, 0.25) is 0 Å². The highest BCUT2D eigenvalue weighted by molar-refractivity contribution is 5.84. The van der Waals surface area contributed by atoms with E-state index in [9.17, 15) is 40.2 Å². The summed E-state index contributed by atoms with van der Waals surface area (Å²) in [6.45, 7) is 1.08. The second-order valence-corrected chi connectivity index (χ2v) is 8.24. The van der Waals surface area contributed by atoms with Gasteiger partial charge >= 0.3 is 0 Å². The SMILES string of the molecule is CC(=O)N(CC(=O)NCc1ccccc1)[C@@H](CO[C@H]1OC(CO)[C@H](O)C(O)C1O)[C@H](O)[C@@H](C)O. The summed E-state index contributed by atoms with van der Waals surface area (Å²) in [7, 11) is 0. The van der Waals surface area contributed by atoms with Crippen molar-refractivity contribution in [1.29, 1.82) is 0 Å². The molecule has 7 N–H and O–H groups in total. The van der Waals surface area contributed by atoms with Crippen molar-refractivity contribution in [2.45, 2.75) is 69.3 Å². The molecule has 192 valence electrons. The lowest BCUT2D eigenvalue weighted by Gasteiger charge is -2.41. The summed E-state index contributed by atoms with van der Waals surface area (Å²) in [6, 6.07) is 7.87. The predicted molar refractivity (Wildman–Crippen MR) is 117 cm³/mol. The molecule has 0 aliphatic carbocycles. The van der Waals surface area contributed by atoms with Crippen LogP contribution in [-0.4, -0.2) is 116 Å². The Morgan fingerprint density at radius 3 is 2.32 bits per heavy atom. The molecule has 2 amide bonds. The van der Waals surface area contributed by atoms with Crippen molar-refractivity contribution in [3.05, 3.63) is 35.9 Å². The maximum Gasteiger partial charge on any atom is 0.239 e. The molecule has 1 heterocycles. The number of ether oxygens (including phenoxy) is 2. The van der Waals surface area contributed by atoms with Gasteiger partial charge in [-0.05, 0) is 12.5 Å². The number of carbonyl (C=O) groups excluding carboxylic acids is 2. The first-order valence-electron chi connectivity index (χ1n) is 10.9. The van der Waals surface area contributed by atoms with Crippen molar-refractivity contribution >= 4 is 11.8 Å². The highest BCUT2D eigenvalue weighted by Crippen LogP contribution is 2.23. The number of benzene rings is 1. The molecule has 34 heavy (non-hydrogen) atoms. The summed E-state index contributed by atoms with van der Waals surface area (Å²) in [5.41, 5.74) is 0.844. The van der Waals surface area contributed by atoms with E-state index in [0.29, 0.717) is 0 Å². The smallest absolute Gasteiger partial charge is 0.239 e. The van der Waals surface area contributed by atoms with E-state index in [4.69, 9.17) is 9.47 Å². The molecule has 1 aromatic rings. The molecule has 0 radical (unpaired) electrons. The third kappa shape index (κ3) is 7.42. The molecular formula is C22H34N2O10. The first kappa shape index (κ1) is 28.1. The molecule has 1 aromatic carbocycles. The third-order valence-corrected chi connectivity index (χ3v) is 5.62. The maximum atomic E-state index is 12.5. The van der Waals surface area contributed by atoms with Crippen LogP contribution in [0.15, 0.2) is 30.3 Å². The second-order valence-electron chi connectivity index (χ2n) is 8.24. The first-order chi connectivity index (χ1) is 16.1. The Morgan fingerprint density at radius 2 is 1.76 bits per heavy atom. The Balaban J connectivity index is 2.10. The van der Waals surface area contributed by atoms with Gasteiger partial charge in [0.05, 0.1) is 25.4 Å². The van der Waals surface area contributed by atoms with Crippen LogP contribution in [0.4, 0.5) is 0 Å². The van der Waals surface area contributed by atoms with Crippen LogP contribution >= 0.6 is 0 Å². The van der Waals surface area contributed by atoms with Crippen molar-refractivity contribution in [3.8, 4) is 0 Å². The average Bonchev–Trinajstić information content (AvgIpc) is 2.82. The van der Waals surface area contributed by atoms with Gasteiger partial charge in [-0.15, -0.1) is 0 Å². The van der Waals surface area contributed by atoms with Crippen LogP contribution in [0.1, 0.15) is 19.4 Å². The van der Waals surface area contributed by atoms with Crippen LogP contribution in [0.3, 0.4) is 0 Å². The fraction of sp³-hybridized carbons (Fsp3) is 0.636. The summed E-state index contributed by atoms with van der Waals surface area (Å²) >= 11 is 0. The summed E-state index contributed by atoms with van der Waals surface area (Å²) < 4.78 is 10.7. The Labute approximate surface area is 197 Å². The van der Waals surface area contributed by atoms with Crippen molar-refractivity contribution in [1.82, 2.24) is 10.2 Å². The summed E-state index contributed by atoms with van der Waals surface area (Å²) in [6.07, 6.45) is -10.5. The van der Waals surface area contributed by atoms with E-state index in [1.807, 2.05) is 30.3 Å². The third-order valence-electron chi connectivity index (χ3n) is 5.62. The van der Waals surface area contributed by atoms with Gasteiger partial charge in [-0.25, -0.2) is 0 Å². The Morgan fingerprint density at radius 1 is 1.12 bits per heavy atom. The van der Waals surface area contributed by atoms with E-state index in [1.54, 1.807) is 0 Å². The molecule has 1 aliphatic rings. The number of rotatable bonds is 11. The number of nitrogens with zero attached hydrogens (tertiary/aromatic N) is 1. The van der Waals surface area contributed by atoms with Crippen LogP contribution in [-0.2, 0) is 25.6 Å². The Kier molecular flexibility index (Phi) is 10.8. The van der Waals surface area contributed by atoms with Crippen molar-refractivity contribution < 1.29 is 49.7 Å². The van der Waals surface area contributed by atoms with E-state index in [0.717, 1.165) is 10.5 Å². The minimum absolute atomic E-state index is 0.219. The van der Waals surface area contributed by atoms with E-state index in [1.165, 1.54) is 13.8 Å². The lowest BCUT2D eigenvalue weighted by molar-refractivity contribution is -0.304. The molecule has 0 aromatic heterocycles. The molecule has 0 spiro atoms. The monoisotopic (exact) mass is 486 g/mol. The molecule has 3 unspecified atom stereocenters. The molecule has 1 saturated heterocycles. The van der Waals surface area contributed by atoms with Gasteiger partial charge in [0.25, 0.3) is 0 Å². The first-order valence-corrected chi connectivity index (χ1v) is 10.9. The summed E-state index contributed by atoms with van der Waals surface area (Å²) in [5, 5.41) is 62.4. The van der Waals surface area contributed by atoms with Gasteiger partial charge in [-0.1, -0.05) is 30.3 Å². The highest BCUT2D eigenvalue weighted by Gasteiger charge is 2.45. The Hall–Kier alpha value is -2.16. The van der Waals surface area contributed by atoms with Gasteiger partial charge in [0.1, 0.15) is 37.1 Å². The zero-order chi connectivity index (χ0) is 25.4. The summed E-state index contributed by atoms with van der Waals surface area (Å²) in [4.78, 5) is 25.9. The molecular weight excluding hydrogens is 452 g/mol.